The van der Waals surface area contributed by atoms with Gasteiger partial charge in [0, 0.05) is 35.4 Å². The van der Waals surface area contributed by atoms with Crippen molar-refractivity contribution >= 4 is 29.1 Å². The third-order valence-electron chi connectivity index (χ3n) is 5.79. The van der Waals surface area contributed by atoms with Gasteiger partial charge in [0.15, 0.2) is 0 Å². The van der Waals surface area contributed by atoms with Gasteiger partial charge in [0.2, 0.25) is 0 Å². The standard InChI is InChI=1S/C22H24ClNO4/c1-13-19(22(26)28-12-14-6-5-11-27-14)20(15-7-2-3-8-16(15)23)21-17(24-13)9-4-10-18(21)25/h2-3,7-8,14,20-21H,4-6,9-12H2,1H3/t14-,20+,21-/m1/s1. The predicted octanol–water partition coefficient (Wildman–Crippen LogP) is 4.24. The van der Waals surface area contributed by atoms with Gasteiger partial charge < -0.3 is 9.47 Å². The molecule has 2 aliphatic heterocycles. The van der Waals surface area contributed by atoms with E-state index in [1.165, 1.54) is 0 Å². The van der Waals surface area contributed by atoms with E-state index in [1.54, 1.807) is 6.07 Å². The third-order valence-corrected chi connectivity index (χ3v) is 6.14. The first-order chi connectivity index (χ1) is 13.6. The van der Waals surface area contributed by atoms with Crippen LogP contribution in [0.1, 0.15) is 50.5 Å². The van der Waals surface area contributed by atoms with E-state index in [4.69, 9.17) is 21.1 Å². The molecule has 3 aliphatic rings. The lowest BCUT2D eigenvalue weighted by molar-refractivity contribution is -0.142. The van der Waals surface area contributed by atoms with Gasteiger partial charge in [0.05, 0.1) is 17.6 Å². The molecule has 5 nitrogen and oxygen atoms in total. The molecule has 28 heavy (non-hydrogen) atoms. The van der Waals surface area contributed by atoms with Crippen LogP contribution in [0.25, 0.3) is 0 Å². The highest BCUT2D eigenvalue weighted by molar-refractivity contribution is 6.31. The van der Waals surface area contributed by atoms with Gasteiger partial charge in [-0.3, -0.25) is 9.79 Å². The molecule has 0 bridgehead atoms. The smallest absolute Gasteiger partial charge is 0.336 e. The first-order valence-electron chi connectivity index (χ1n) is 9.90. The largest absolute Gasteiger partial charge is 0.460 e. The molecule has 4 rings (SSSR count). The molecule has 148 valence electrons. The molecule has 1 saturated heterocycles. The summed E-state index contributed by atoms with van der Waals surface area (Å²) < 4.78 is 11.2. The number of Topliss-reactive ketones (excluding diaryl/α,β-unsaturated/α-hetero) is 1. The second-order valence-electron chi connectivity index (χ2n) is 7.63. The average Bonchev–Trinajstić information content (AvgIpc) is 3.19. The summed E-state index contributed by atoms with van der Waals surface area (Å²) in [6, 6.07) is 7.40. The highest BCUT2D eigenvalue weighted by Gasteiger charge is 2.44. The van der Waals surface area contributed by atoms with E-state index >= 15 is 0 Å². The maximum absolute atomic E-state index is 13.1. The first kappa shape index (κ1) is 19.3. The van der Waals surface area contributed by atoms with E-state index in [1.807, 2.05) is 25.1 Å². The Morgan fingerprint density at radius 1 is 1.25 bits per heavy atom. The molecule has 1 aliphatic carbocycles. The number of fused-ring (bicyclic) bond motifs is 1. The molecule has 0 amide bonds. The number of carbonyl (C=O) groups is 2. The minimum absolute atomic E-state index is 0.0532. The number of ether oxygens (including phenoxy) is 2. The summed E-state index contributed by atoms with van der Waals surface area (Å²) in [6.45, 7) is 2.74. The van der Waals surface area contributed by atoms with Crippen LogP contribution in [0.2, 0.25) is 5.02 Å². The quantitative estimate of drug-likeness (QED) is 0.707. The molecular weight excluding hydrogens is 378 g/mol. The molecule has 0 N–H and O–H groups in total. The fourth-order valence-corrected chi connectivity index (χ4v) is 4.72. The summed E-state index contributed by atoms with van der Waals surface area (Å²) in [7, 11) is 0. The summed E-state index contributed by atoms with van der Waals surface area (Å²) in [5, 5.41) is 0.546. The minimum atomic E-state index is -0.453. The number of rotatable bonds is 4. The summed E-state index contributed by atoms with van der Waals surface area (Å²) in [6.07, 6.45) is 3.89. The number of esters is 1. The highest BCUT2D eigenvalue weighted by atomic mass is 35.5. The van der Waals surface area contributed by atoms with E-state index in [2.05, 4.69) is 4.99 Å². The monoisotopic (exact) mass is 401 g/mol. The van der Waals surface area contributed by atoms with Crippen molar-refractivity contribution in [3.63, 3.8) is 0 Å². The van der Waals surface area contributed by atoms with Crippen LogP contribution in [0, 0.1) is 5.92 Å². The molecule has 1 aromatic rings. The van der Waals surface area contributed by atoms with Gasteiger partial charge in [0.25, 0.3) is 0 Å². The second kappa shape index (κ2) is 8.18. The molecule has 0 aromatic heterocycles. The normalized spacial score (nSPS) is 27.4. The highest BCUT2D eigenvalue weighted by Crippen LogP contribution is 2.45. The molecular formula is C22H24ClNO4. The van der Waals surface area contributed by atoms with Gasteiger partial charge in [-0.1, -0.05) is 29.8 Å². The number of hydrogen-bond donors (Lipinski definition) is 0. The lowest BCUT2D eigenvalue weighted by Crippen LogP contribution is -2.39. The fourth-order valence-electron chi connectivity index (χ4n) is 4.47. The number of ketones is 1. The van der Waals surface area contributed by atoms with Gasteiger partial charge in [-0.25, -0.2) is 4.79 Å². The Bertz CT molecular complexity index is 854. The van der Waals surface area contributed by atoms with E-state index in [-0.39, 0.29) is 18.5 Å². The summed E-state index contributed by atoms with van der Waals surface area (Å²) >= 11 is 6.49. The molecule has 2 fully saturated rings. The van der Waals surface area contributed by atoms with Gasteiger partial charge in [-0.2, -0.15) is 0 Å². The number of halogens is 1. The van der Waals surface area contributed by atoms with Crippen molar-refractivity contribution in [3.8, 4) is 0 Å². The van der Waals surface area contributed by atoms with Crippen molar-refractivity contribution in [1.82, 2.24) is 0 Å². The summed E-state index contributed by atoms with van der Waals surface area (Å²) in [5.74, 6) is -1.21. The Morgan fingerprint density at radius 2 is 2.07 bits per heavy atom. The Kier molecular flexibility index (Phi) is 5.65. The van der Waals surface area contributed by atoms with Gasteiger partial charge in [0.1, 0.15) is 12.4 Å². The zero-order valence-corrected chi connectivity index (χ0v) is 16.7. The topological polar surface area (TPSA) is 65.0 Å². The number of aliphatic imine (C=N–C) groups is 1. The number of hydrogen-bond acceptors (Lipinski definition) is 5. The van der Waals surface area contributed by atoms with Crippen LogP contribution in [-0.4, -0.2) is 36.8 Å². The molecule has 1 saturated carbocycles. The zero-order valence-electron chi connectivity index (χ0n) is 15.9. The van der Waals surface area contributed by atoms with E-state index < -0.39 is 17.8 Å². The summed E-state index contributed by atoms with van der Waals surface area (Å²) in [5.41, 5.74) is 2.69. The zero-order chi connectivity index (χ0) is 19.7. The van der Waals surface area contributed by atoms with Gasteiger partial charge >= 0.3 is 5.97 Å². The summed E-state index contributed by atoms with van der Waals surface area (Å²) in [4.78, 5) is 30.6. The van der Waals surface area contributed by atoms with Gasteiger partial charge in [-0.15, -0.1) is 0 Å². The van der Waals surface area contributed by atoms with Crippen LogP contribution in [0.3, 0.4) is 0 Å². The van der Waals surface area contributed by atoms with Crippen LogP contribution in [-0.2, 0) is 19.1 Å². The van der Waals surface area contributed by atoms with E-state index in [0.29, 0.717) is 29.3 Å². The van der Waals surface area contributed by atoms with Crippen molar-refractivity contribution in [1.29, 1.82) is 0 Å². The number of carbonyl (C=O) groups excluding carboxylic acids is 2. The molecule has 2 heterocycles. The van der Waals surface area contributed by atoms with Crippen molar-refractivity contribution in [3.05, 3.63) is 46.1 Å². The SMILES string of the molecule is CC1=C(C(=O)OC[C@H]2CCCO2)[C@H](c2ccccc2Cl)[C@H]2C(=O)CCCC2=N1. The number of allylic oxidation sites excluding steroid dienone is 1. The van der Waals surface area contributed by atoms with Crippen molar-refractivity contribution in [2.75, 3.05) is 13.2 Å². The van der Waals surface area contributed by atoms with E-state index in [0.717, 1.165) is 37.0 Å². The van der Waals surface area contributed by atoms with Crippen LogP contribution < -0.4 is 0 Å². The fraction of sp³-hybridized carbons (Fsp3) is 0.500. The number of benzene rings is 1. The van der Waals surface area contributed by atoms with Gasteiger partial charge in [-0.05, 0) is 44.2 Å². The minimum Gasteiger partial charge on any atom is -0.460 e. The molecule has 0 unspecified atom stereocenters. The lowest BCUT2D eigenvalue weighted by Gasteiger charge is -2.36. The maximum atomic E-state index is 13.1. The average molecular weight is 402 g/mol. The van der Waals surface area contributed by atoms with Crippen LogP contribution in [0.4, 0.5) is 0 Å². The van der Waals surface area contributed by atoms with Crippen LogP contribution >= 0.6 is 11.6 Å². The molecule has 6 heteroatoms. The Hall–Kier alpha value is -1.98. The maximum Gasteiger partial charge on any atom is 0.336 e. The second-order valence-corrected chi connectivity index (χ2v) is 8.04. The molecule has 1 aromatic carbocycles. The molecule has 0 spiro atoms. The van der Waals surface area contributed by atoms with Crippen LogP contribution in [0.15, 0.2) is 40.5 Å². The van der Waals surface area contributed by atoms with E-state index in [9.17, 15) is 9.59 Å². The van der Waals surface area contributed by atoms with Crippen molar-refractivity contribution in [2.45, 2.75) is 51.0 Å². The van der Waals surface area contributed by atoms with Crippen molar-refractivity contribution in [2.24, 2.45) is 10.9 Å². The third kappa shape index (κ3) is 3.65. The molecule has 0 radical (unpaired) electrons. The number of nitrogens with zero attached hydrogens (tertiary/aromatic N) is 1. The Balaban J connectivity index is 1.71. The first-order valence-corrected chi connectivity index (χ1v) is 10.3. The lowest BCUT2D eigenvalue weighted by atomic mass is 9.69. The Labute approximate surface area is 169 Å². The molecule has 3 atom stereocenters. The predicted molar refractivity (Wildman–Crippen MR) is 107 cm³/mol. The van der Waals surface area contributed by atoms with Crippen LogP contribution in [0.5, 0.6) is 0 Å². The Morgan fingerprint density at radius 3 is 2.82 bits per heavy atom. The van der Waals surface area contributed by atoms with Crippen molar-refractivity contribution < 1.29 is 19.1 Å².